The lowest BCUT2D eigenvalue weighted by Crippen LogP contribution is -2.63. The van der Waals surface area contributed by atoms with Crippen LogP contribution in [0, 0.1) is 0 Å². The first-order valence-electron chi connectivity index (χ1n) is 5.25. The maximum Gasteiger partial charge on any atom is 0.438 e. The van der Waals surface area contributed by atoms with Gasteiger partial charge in [0.05, 0.1) is 0 Å². The molecule has 0 aromatic rings. The largest absolute Gasteiger partial charge is 0.438 e. The Hall–Kier alpha value is -1.56. The number of carbonyl (C=O) groups is 1. The van der Waals surface area contributed by atoms with Crippen LogP contribution in [0.25, 0.3) is 0 Å². The van der Waals surface area contributed by atoms with Crippen molar-refractivity contribution in [2.45, 2.75) is 24.4 Å². The van der Waals surface area contributed by atoms with Crippen molar-refractivity contribution in [2.75, 3.05) is 5.75 Å². The second kappa shape index (κ2) is 6.69. The van der Waals surface area contributed by atoms with E-state index < -0.39 is 39.8 Å². The molecule has 0 radical (unpaired) electrons. The Kier molecular flexibility index (Phi) is 6.21. The number of allylic oxidation sites excluding steroid dienone is 2. The van der Waals surface area contributed by atoms with Crippen molar-refractivity contribution in [1.82, 2.24) is 0 Å². The zero-order chi connectivity index (χ0) is 17.8. The van der Waals surface area contributed by atoms with Crippen molar-refractivity contribution >= 4 is 16.1 Å². The van der Waals surface area contributed by atoms with Gasteiger partial charge in [0, 0.05) is 6.08 Å². The second-order valence-corrected chi connectivity index (χ2v) is 5.35. The van der Waals surface area contributed by atoms with Crippen molar-refractivity contribution in [3.63, 3.8) is 0 Å². The van der Waals surface area contributed by atoms with Crippen LogP contribution in [0.4, 0.5) is 26.3 Å². The maximum absolute atomic E-state index is 12.7. The van der Waals surface area contributed by atoms with Crippen LogP contribution in [0.15, 0.2) is 24.8 Å². The topological polar surface area (TPSA) is 80.7 Å². The van der Waals surface area contributed by atoms with E-state index in [-0.39, 0.29) is 12.5 Å². The molecule has 0 saturated heterocycles. The molecule has 0 aromatic carbocycles. The quantitative estimate of drug-likeness (QED) is 0.260. The van der Waals surface area contributed by atoms with Crippen LogP contribution < -0.4 is 0 Å². The molecule has 0 rings (SSSR count). The van der Waals surface area contributed by atoms with Gasteiger partial charge in [0.1, 0.15) is 5.75 Å². The fraction of sp³-hybridized carbons (Fsp3) is 0.500. The second-order valence-electron chi connectivity index (χ2n) is 3.90. The molecule has 0 amide bonds. The summed E-state index contributed by atoms with van der Waals surface area (Å²) in [6, 6.07) is 0. The first kappa shape index (κ1) is 20.4. The molecule has 0 bridgehead atoms. The van der Waals surface area contributed by atoms with E-state index in [4.69, 9.17) is 4.55 Å². The molecule has 0 aliphatic rings. The predicted octanol–water partition coefficient (Wildman–Crippen LogP) is 2.41. The summed E-state index contributed by atoms with van der Waals surface area (Å²) in [6.07, 6.45) is -10.4. The predicted molar refractivity (Wildman–Crippen MR) is 61.3 cm³/mol. The van der Waals surface area contributed by atoms with Crippen LogP contribution in [0.3, 0.4) is 0 Å². The molecule has 12 heteroatoms. The molecule has 1 N–H and O–H groups in total. The lowest BCUT2D eigenvalue weighted by molar-refractivity contribution is -0.360. The van der Waals surface area contributed by atoms with Gasteiger partial charge < -0.3 is 4.74 Å². The Labute approximate surface area is 121 Å². The zero-order valence-corrected chi connectivity index (χ0v) is 11.4. The normalized spacial score (nSPS) is 14.1. The van der Waals surface area contributed by atoms with Gasteiger partial charge in [0.2, 0.25) is 0 Å². The van der Waals surface area contributed by atoms with Crippen LogP contribution in [0.2, 0.25) is 0 Å². The first-order chi connectivity index (χ1) is 9.66. The highest BCUT2D eigenvalue weighted by Gasteiger charge is 2.75. The average molecular weight is 356 g/mol. The Morgan fingerprint density at radius 3 is 1.91 bits per heavy atom. The number of esters is 1. The summed E-state index contributed by atoms with van der Waals surface area (Å²) in [5.74, 6) is -4.99. The molecule has 0 heterocycles. The van der Waals surface area contributed by atoms with E-state index in [9.17, 15) is 39.6 Å². The highest BCUT2D eigenvalue weighted by Crippen LogP contribution is 2.46. The lowest BCUT2D eigenvalue weighted by Gasteiger charge is -2.35. The number of alkyl halides is 6. The molecule has 0 aliphatic heterocycles. The minimum atomic E-state index is -6.33. The molecule has 0 aromatic heterocycles. The lowest BCUT2D eigenvalue weighted by atomic mass is 10.1. The van der Waals surface area contributed by atoms with Crippen LogP contribution in [-0.4, -0.2) is 42.6 Å². The number of hydrogen-bond acceptors (Lipinski definition) is 4. The van der Waals surface area contributed by atoms with Gasteiger partial charge >= 0.3 is 23.9 Å². The Morgan fingerprint density at radius 1 is 1.14 bits per heavy atom. The molecular formula is C10H10F6O5S. The summed E-state index contributed by atoms with van der Waals surface area (Å²) in [4.78, 5) is 11.1. The molecule has 22 heavy (non-hydrogen) atoms. The third-order valence-electron chi connectivity index (χ3n) is 2.13. The van der Waals surface area contributed by atoms with Crippen molar-refractivity contribution < 1.29 is 48.8 Å². The first-order valence-corrected chi connectivity index (χ1v) is 6.86. The standard InChI is InChI=1S/C10H10F6O5S/c1-2-3-4-5-7(17)21-8(9(11,12)13,10(14,15)16)6-22(18,19)20/h2,4-5H,1,3,6H2,(H,18,19,20)/b5-4+. The van der Waals surface area contributed by atoms with Gasteiger partial charge in [-0.15, -0.1) is 6.58 Å². The van der Waals surface area contributed by atoms with Crippen LogP contribution in [0.1, 0.15) is 6.42 Å². The fourth-order valence-electron chi connectivity index (χ4n) is 1.19. The van der Waals surface area contributed by atoms with Gasteiger partial charge in [-0.2, -0.15) is 34.8 Å². The monoisotopic (exact) mass is 356 g/mol. The Morgan fingerprint density at radius 2 is 1.59 bits per heavy atom. The summed E-state index contributed by atoms with van der Waals surface area (Å²) in [5, 5.41) is 0. The smallest absolute Gasteiger partial charge is 0.435 e. The minimum Gasteiger partial charge on any atom is -0.435 e. The zero-order valence-electron chi connectivity index (χ0n) is 10.6. The number of carbonyl (C=O) groups excluding carboxylic acids is 1. The summed E-state index contributed by atoms with van der Waals surface area (Å²) < 4.78 is 109. The molecule has 0 unspecified atom stereocenters. The molecule has 0 atom stereocenters. The van der Waals surface area contributed by atoms with Gasteiger partial charge in [-0.3, -0.25) is 4.55 Å². The van der Waals surface area contributed by atoms with Gasteiger partial charge in [-0.25, -0.2) is 4.79 Å². The van der Waals surface area contributed by atoms with E-state index in [1.165, 1.54) is 6.08 Å². The Bertz CT molecular complexity index is 531. The molecule has 5 nitrogen and oxygen atoms in total. The minimum absolute atomic E-state index is 0.0571. The van der Waals surface area contributed by atoms with Crippen LogP contribution >= 0.6 is 0 Å². The molecule has 128 valence electrons. The number of rotatable bonds is 6. The van der Waals surface area contributed by atoms with E-state index in [1.54, 1.807) is 0 Å². The van der Waals surface area contributed by atoms with Gasteiger partial charge in [0.25, 0.3) is 10.1 Å². The molecule has 0 saturated carbocycles. The van der Waals surface area contributed by atoms with Gasteiger partial charge in [-0.1, -0.05) is 12.2 Å². The number of ether oxygens (including phenoxy) is 1. The van der Waals surface area contributed by atoms with Gasteiger partial charge in [0.15, 0.2) is 0 Å². The third-order valence-corrected chi connectivity index (χ3v) is 2.90. The fourth-order valence-corrected chi connectivity index (χ4v) is 2.09. The summed E-state index contributed by atoms with van der Waals surface area (Å²) >= 11 is 0. The van der Waals surface area contributed by atoms with E-state index >= 15 is 0 Å². The summed E-state index contributed by atoms with van der Waals surface area (Å²) in [7, 11) is -5.78. The van der Waals surface area contributed by atoms with E-state index in [2.05, 4.69) is 11.3 Å². The number of halogens is 6. The van der Waals surface area contributed by atoms with Crippen molar-refractivity contribution in [3.05, 3.63) is 24.8 Å². The maximum atomic E-state index is 12.7. The van der Waals surface area contributed by atoms with E-state index in [0.717, 1.165) is 6.08 Å². The van der Waals surface area contributed by atoms with Crippen LogP contribution in [-0.2, 0) is 19.6 Å². The van der Waals surface area contributed by atoms with Crippen molar-refractivity contribution in [3.8, 4) is 0 Å². The summed E-state index contributed by atoms with van der Waals surface area (Å²) in [6.45, 7) is 3.18. The summed E-state index contributed by atoms with van der Waals surface area (Å²) in [5.41, 5.74) is -5.39. The molecule has 0 fully saturated rings. The highest BCUT2D eigenvalue weighted by molar-refractivity contribution is 7.85. The molecular weight excluding hydrogens is 346 g/mol. The average Bonchev–Trinajstić information content (AvgIpc) is 2.23. The van der Waals surface area contributed by atoms with E-state index in [0.29, 0.717) is 0 Å². The number of hydrogen-bond donors (Lipinski definition) is 1. The molecule has 0 aliphatic carbocycles. The van der Waals surface area contributed by atoms with Crippen LogP contribution in [0.5, 0.6) is 0 Å². The third kappa shape index (κ3) is 5.33. The van der Waals surface area contributed by atoms with E-state index in [1.807, 2.05) is 0 Å². The van der Waals surface area contributed by atoms with Crippen molar-refractivity contribution in [2.24, 2.45) is 0 Å². The Balaban J connectivity index is 5.87. The van der Waals surface area contributed by atoms with Gasteiger partial charge in [-0.05, 0) is 6.42 Å². The molecule has 0 spiro atoms. The van der Waals surface area contributed by atoms with Crippen molar-refractivity contribution in [1.29, 1.82) is 0 Å². The highest BCUT2D eigenvalue weighted by atomic mass is 32.2. The SMILES string of the molecule is C=CC/C=C/C(=O)OC(CS(=O)(=O)O)(C(F)(F)F)C(F)(F)F.